The van der Waals surface area contributed by atoms with E-state index in [9.17, 15) is 8.42 Å². The van der Waals surface area contributed by atoms with E-state index >= 15 is 0 Å². The molecule has 2 fully saturated rings. The Morgan fingerprint density at radius 3 is 2.29 bits per heavy atom. The summed E-state index contributed by atoms with van der Waals surface area (Å²) in [6.45, 7) is 9.86. The maximum atomic E-state index is 11.2. The Morgan fingerprint density at radius 1 is 1.19 bits per heavy atom. The van der Waals surface area contributed by atoms with E-state index < -0.39 is 9.84 Å². The Bertz CT molecular complexity index is 439. The van der Waals surface area contributed by atoms with Gasteiger partial charge in [-0.25, -0.2) is 8.42 Å². The highest BCUT2D eigenvalue weighted by Gasteiger charge is 2.37. The first-order valence-corrected chi connectivity index (χ1v) is 10.4. The van der Waals surface area contributed by atoms with E-state index in [0.29, 0.717) is 29.8 Å². The van der Waals surface area contributed by atoms with Gasteiger partial charge in [0.15, 0.2) is 0 Å². The van der Waals surface area contributed by atoms with Crippen LogP contribution < -0.4 is 5.32 Å². The molecule has 0 aromatic carbocycles. The standard InChI is InChI=1S/C16H32N2O2S/c1-13-11-16(2,3)12-15(13)17-14-5-7-18(8-6-14)9-10-21(4,19)20/h13-15,17H,5-12H2,1-4H3/t13-,15-/m0/s1. The summed E-state index contributed by atoms with van der Waals surface area (Å²) in [5.41, 5.74) is 0.479. The second-order valence-corrected chi connectivity index (χ2v) is 10.3. The van der Waals surface area contributed by atoms with E-state index in [4.69, 9.17) is 0 Å². The molecular weight excluding hydrogens is 284 g/mol. The molecule has 124 valence electrons. The van der Waals surface area contributed by atoms with Crippen LogP contribution in [-0.2, 0) is 9.84 Å². The summed E-state index contributed by atoms with van der Waals surface area (Å²) < 4.78 is 22.5. The van der Waals surface area contributed by atoms with E-state index in [-0.39, 0.29) is 0 Å². The van der Waals surface area contributed by atoms with Gasteiger partial charge in [-0.1, -0.05) is 20.8 Å². The van der Waals surface area contributed by atoms with Crippen LogP contribution in [-0.4, -0.2) is 57.0 Å². The van der Waals surface area contributed by atoms with Gasteiger partial charge in [-0.05, 0) is 50.1 Å². The van der Waals surface area contributed by atoms with Gasteiger partial charge in [0, 0.05) is 24.9 Å². The van der Waals surface area contributed by atoms with Crippen LogP contribution in [0.4, 0.5) is 0 Å². The zero-order chi connectivity index (χ0) is 15.7. The predicted molar refractivity (Wildman–Crippen MR) is 88.3 cm³/mol. The molecule has 4 nitrogen and oxygen atoms in total. The van der Waals surface area contributed by atoms with Crippen molar-refractivity contribution in [2.75, 3.05) is 31.6 Å². The molecule has 2 atom stereocenters. The van der Waals surface area contributed by atoms with Crippen LogP contribution >= 0.6 is 0 Å². The van der Waals surface area contributed by atoms with E-state index in [2.05, 4.69) is 31.0 Å². The molecule has 0 bridgehead atoms. The average Bonchev–Trinajstić information content (AvgIpc) is 2.60. The molecule has 1 heterocycles. The smallest absolute Gasteiger partial charge is 0.148 e. The zero-order valence-electron chi connectivity index (χ0n) is 14.1. The molecule has 0 unspecified atom stereocenters. The van der Waals surface area contributed by atoms with Gasteiger partial charge >= 0.3 is 0 Å². The highest BCUT2D eigenvalue weighted by molar-refractivity contribution is 7.90. The number of rotatable bonds is 5. The molecule has 5 heteroatoms. The Morgan fingerprint density at radius 2 is 1.81 bits per heavy atom. The summed E-state index contributed by atoms with van der Waals surface area (Å²) in [4.78, 5) is 2.29. The van der Waals surface area contributed by atoms with Crippen LogP contribution in [0.1, 0.15) is 46.5 Å². The number of sulfone groups is 1. The fourth-order valence-electron chi connectivity index (χ4n) is 4.04. The van der Waals surface area contributed by atoms with Crippen LogP contribution in [0.5, 0.6) is 0 Å². The third-order valence-corrected chi connectivity index (χ3v) is 6.07. The number of hydrogen-bond donors (Lipinski definition) is 1. The van der Waals surface area contributed by atoms with Gasteiger partial charge < -0.3 is 10.2 Å². The van der Waals surface area contributed by atoms with E-state index in [0.717, 1.165) is 31.8 Å². The molecule has 1 aliphatic carbocycles. The quantitative estimate of drug-likeness (QED) is 0.842. The lowest BCUT2D eigenvalue weighted by atomic mass is 9.91. The first-order chi connectivity index (χ1) is 9.65. The minimum absolute atomic E-state index is 0.291. The fourth-order valence-corrected chi connectivity index (χ4v) is 4.63. The van der Waals surface area contributed by atoms with Crippen molar-refractivity contribution in [3.05, 3.63) is 0 Å². The Labute approximate surface area is 130 Å². The normalized spacial score (nSPS) is 31.6. The van der Waals surface area contributed by atoms with Crippen LogP contribution in [0.2, 0.25) is 0 Å². The van der Waals surface area contributed by atoms with Crippen LogP contribution in [0, 0.1) is 11.3 Å². The third kappa shape index (κ3) is 5.53. The van der Waals surface area contributed by atoms with Crippen molar-refractivity contribution in [3.63, 3.8) is 0 Å². The lowest BCUT2D eigenvalue weighted by Gasteiger charge is -2.34. The van der Waals surface area contributed by atoms with Crippen molar-refractivity contribution in [2.24, 2.45) is 11.3 Å². The molecule has 0 spiro atoms. The number of piperidine rings is 1. The highest BCUT2D eigenvalue weighted by atomic mass is 32.2. The molecular formula is C16H32N2O2S. The summed E-state index contributed by atoms with van der Waals surface area (Å²) in [5.74, 6) is 1.06. The van der Waals surface area contributed by atoms with Crippen molar-refractivity contribution in [1.82, 2.24) is 10.2 Å². The minimum atomic E-state index is -2.83. The van der Waals surface area contributed by atoms with Crippen LogP contribution in [0.3, 0.4) is 0 Å². The Balaban J connectivity index is 1.72. The molecule has 2 aliphatic rings. The number of nitrogens with zero attached hydrogens (tertiary/aromatic N) is 1. The zero-order valence-corrected chi connectivity index (χ0v) is 14.9. The largest absolute Gasteiger partial charge is 0.311 e. The molecule has 21 heavy (non-hydrogen) atoms. The maximum absolute atomic E-state index is 11.2. The number of nitrogens with one attached hydrogen (secondary N) is 1. The first kappa shape index (κ1) is 17.2. The highest BCUT2D eigenvalue weighted by Crippen LogP contribution is 2.41. The SMILES string of the molecule is C[C@H]1CC(C)(C)C[C@@H]1NC1CCN(CCS(C)(=O)=O)CC1. The van der Waals surface area contributed by atoms with Crippen molar-refractivity contribution < 1.29 is 8.42 Å². The second kappa shape index (κ2) is 6.55. The van der Waals surface area contributed by atoms with E-state index in [1.54, 1.807) is 0 Å². The fraction of sp³-hybridized carbons (Fsp3) is 1.00. The third-order valence-electron chi connectivity index (χ3n) is 5.15. The van der Waals surface area contributed by atoms with Crippen molar-refractivity contribution in [1.29, 1.82) is 0 Å². The van der Waals surface area contributed by atoms with Gasteiger partial charge in [-0.3, -0.25) is 0 Å². The topological polar surface area (TPSA) is 49.4 Å². The monoisotopic (exact) mass is 316 g/mol. The summed E-state index contributed by atoms with van der Waals surface area (Å²) in [5, 5.41) is 3.87. The molecule has 0 aromatic heterocycles. The summed E-state index contributed by atoms with van der Waals surface area (Å²) in [6.07, 6.45) is 6.21. The molecule has 1 saturated heterocycles. The van der Waals surface area contributed by atoms with Crippen molar-refractivity contribution >= 4 is 9.84 Å². The molecule has 1 aliphatic heterocycles. The second-order valence-electron chi connectivity index (χ2n) is 8.07. The number of hydrogen-bond acceptors (Lipinski definition) is 4. The van der Waals surface area contributed by atoms with Crippen molar-refractivity contribution in [3.8, 4) is 0 Å². The van der Waals surface area contributed by atoms with Gasteiger partial charge in [0.2, 0.25) is 0 Å². The van der Waals surface area contributed by atoms with Gasteiger partial charge in [0.05, 0.1) is 5.75 Å². The first-order valence-electron chi connectivity index (χ1n) is 8.31. The van der Waals surface area contributed by atoms with E-state index in [1.807, 2.05) is 0 Å². The molecule has 0 aromatic rings. The van der Waals surface area contributed by atoms with Crippen molar-refractivity contribution in [2.45, 2.75) is 58.5 Å². The molecule has 2 rings (SSSR count). The average molecular weight is 317 g/mol. The number of likely N-dealkylation sites (tertiary alicyclic amines) is 1. The minimum Gasteiger partial charge on any atom is -0.311 e. The molecule has 1 saturated carbocycles. The van der Waals surface area contributed by atoms with E-state index in [1.165, 1.54) is 19.1 Å². The van der Waals surface area contributed by atoms with Crippen LogP contribution in [0.25, 0.3) is 0 Å². The van der Waals surface area contributed by atoms with Gasteiger partial charge in [0.1, 0.15) is 9.84 Å². The van der Waals surface area contributed by atoms with Gasteiger partial charge in [-0.15, -0.1) is 0 Å². The lowest BCUT2D eigenvalue weighted by molar-refractivity contribution is 0.193. The Kier molecular flexibility index (Phi) is 5.37. The predicted octanol–water partition coefficient (Wildman–Crippen LogP) is 1.91. The van der Waals surface area contributed by atoms with Gasteiger partial charge in [-0.2, -0.15) is 0 Å². The molecule has 0 amide bonds. The van der Waals surface area contributed by atoms with Crippen LogP contribution in [0.15, 0.2) is 0 Å². The lowest BCUT2D eigenvalue weighted by Crippen LogP contribution is -2.47. The Hall–Kier alpha value is -0.130. The molecule has 0 radical (unpaired) electrons. The summed E-state index contributed by atoms with van der Waals surface area (Å²) >= 11 is 0. The molecule has 1 N–H and O–H groups in total. The summed E-state index contributed by atoms with van der Waals surface area (Å²) in [6, 6.07) is 1.27. The maximum Gasteiger partial charge on any atom is 0.148 e. The van der Waals surface area contributed by atoms with Gasteiger partial charge in [0.25, 0.3) is 0 Å². The summed E-state index contributed by atoms with van der Waals surface area (Å²) in [7, 11) is -2.83.